The van der Waals surface area contributed by atoms with Gasteiger partial charge in [-0.1, -0.05) is 51.9 Å². The molecule has 1 N–H and O–H groups in total. The fraction of sp³-hybridized carbons (Fsp3) is 0.765. The van der Waals surface area contributed by atoms with E-state index in [9.17, 15) is 0 Å². The number of rotatable bonds is 10. The Kier molecular flexibility index (Phi) is 8.40. The smallest absolute Gasteiger partial charge is 0.0412 e. The molecule has 0 saturated carbocycles. The Morgan fingerprint density at radius 3 is 2.21 bits per heavy atom. The summed E-state index contributed by atoms with van der Waals surface area (Å²) < 4.78 is 0. The number of hydrogen-bond donors (Lipinski definition) is 1. The molecule has 0 aromatic carbocycles. The van der Waals surface area contributed by atoms with Gasteiger partial charge in [0.1, 0.15) is 0 Å². The maximum absolute atomic E-state index is 3.48. The second-order valence-corrected chi connectivity index (χ2v) is 6.93. The van der Waals surface area contributed by atoms with Gasteiger partial charge in [0, 0.05) is 15.8 Å². The molecule has 1 atom stereocenters. The molecule has 0 bridgehead atoms. The van der Waals surface area contributed by atoms with Crippen LogP contribution in [0.4, 0.5) is 0 Å². The number of unbranched alkanes of at least 4 members (excludes halogenated alkanes) is 6. The van der Waals surface area contributed by atoms with E-state index < -0.39 is 0 Å². The molecular formula is C17H31NS. The molecule has 0 fully saturated rings. The Balaban J connectivity index is 2.22. The van der Waals surface area contributed by atoms with Crippen molar-refractivity contribution in [1.29, 1.82) is 0 Å². The average molecular weight is 282 g/mol. The maximum Gasteiger partial charge on any atom is 0.0412 e. The predicted octanol–water partition coefficient (Wildman–Crippen LogP) is 5.77. The van der Waals surface area contributed by atoms with Crippen LogP contribution < -0.4 is 5.32 Å². The lowest BCUT2D eigenvalue weighted by molar-refractivity contribution is 0.501. The quantitative estimate of drug-likeness (QED) is 0.537. The van der Waals surface area contributed by atoms with Crippen LogP contribution in [-0.4, -0.2) is 7.05 Å². The summed E-state index contributed by atoms with van der Waals surface area (Å²) in [5, 5.41) is 3.48. The predicted molar refractivity (Wildman–Crippen MR) is 88.2 cm³/mol. The fourth-order valence-corrected chi connectivity index (χ4v) is 3.70. The van der Waals surface area contributed by atoms with Crippen molar-refractivity contribution in [2.45, 2.75) is 78.2 Å². The van der Waals surface area contributed by atoms with Gasteiger partial charge in [-0.2, -0.15) is 0 Å². The zero-order valence-corrected chi connectivity index (χ0v) is 14.0. The topological polar surface area (TPSA) is 12.0 Å². The van der Waals surface area contributed by atoms with Gasteiger partial charge in [0.2, 0.25) is 0 Å². The molecule has 1 aromatic rings. The molecule has 1 rings (SSSR count). The molecule has 0 saturated heterocycles. The van der Waals surface area contributed by atoms with Crippen molar-refractivity contribution in [3.63, 3.8) is 0 Å². The van der Waals surface area contributed by atoms with E-state index in [-0.39, 0.29) is 0 Å². The van der Waals surface area contributed by atoms with Crippen LogP contribution >= 0.6 is 11.3 Å². The van der Waals surface area contributed by atoms with Gasteiger partial charge in [-0.3, -0.25) is 0 Å². The van der Waals surface area contributed by atoms with Crippen LogP contribution in [0.15, 0.2) is 6.07 Å². The fourth-order valence-electron chi connectivity index (χ4n) is 2.51. The van der Waals surface area contributed by atoms with Crippen molar-refractivity contribution in [1.82, 2.24) is 5.32 Å². The van der Waals surface area contributed by atoms with Crippen LogP contribution in [-0.2, 0) is 0 Å². The Hall–Kier alpha value is -0.340. The normalized spacial score (nSPS) is 12.8. The third kappa shape index (κ3) is 6.09. The summed E-state index contributed by atoms with van der Waals surface area (Å²) >= 11 is 1.96. The summed E-state index contributed by atoms with van der Waals surface area (Å²) in [6.07, 6.45) is 11.1. The molecule has 1 nitrogen and oxygen atoms in total. The van der Waals surface area contributed by atoms with Gasteiger partial charge >= 0.3 is 0 Å². The Labute approximate surface area is 123 Å². The zero-order valence-electron chi connectivity index (χ0n) is 13.2. The molecule has 0 spiro atoms. The highest BCUT2D eigenvalue weighted by Crippen LogP contribution is 2.29. The van der Waals surface area contributed by atoms with E-state index in [4.69, 9.17) is 0 Å². The summed E-state index contributed by atoms with van der Waals surface area (Å²) in [6.45, 7) is 6.72. The minimum absolute atomic E-state index is 0.563. The van der Waals surface area contributed by atoms with E-state index >= 15 is 0 Å². The van der Waals surface area contributed by atoms with E-state index in [1.54, 1.807) is 0 Å². The Morgan fingerprint density at radius 2 is 1.68 bits per heavy atom. The molecule has 0 radical (unpaired) electrons. The number of hydrogen-bond acceptors (Lipinski definition) is 2. The second kappa shape index (κ2) is 9.55. The monoisotopic (exact) mass is 281 g/mol. The van der Waals surface area contributed by atoms with Crippen LogP contribution in [0.5, 0.6) is 0 Å². The van der Waals surface area contributed by atoms with Gasteiger partial charge in [-0.15, -0.1) is 11.3 Å². The first-order valence-corrected chi connectivity index (χ1v) is 8.74. The van der Waals surface area contributed by atoms with Crippen molar-refractivity contribution in [3.05, 3.63) is 21.4 Å². The van der Waals surface area contributed by atoms with Gasteiger partial charge < -0.3 is 5.32 Å². The average Bonchev–Trinajstić information content (AvgIpc) is 2.73. The molecule has 1 aromatic heterocycles. The molecule has 0 aliphatic carbocycles. The summed E-state index contributed by atoms with van der Waals surface area (Å²) in [4.78, 5) is 2.98. The number of aryl methyl sites for hydroxylation is 2. The Bertz CT molecular complexity index is 324. The van der Waals surface area contributed by atoms with E-state index in [0.29, 0.717) is 6.04 Å². The maximum atomic E-state index is 3.48. The molecular weight excluding hydrogens is 250 g/mol. The van der Waals surface area contributed by atoms with Crippen LogP contribution in [0.25, 0.3) is 0 Å². The summed E-state index contributed by atoms with van der Waals surface area (Å²) in [6, 6.07) is 2.93. The van der Waals surface area contributed by atoms with E-state index in [1.807, 2.05) is 11.3 Å². The molecule has 0 amide bonds. The minimum atomic E-state index is 0.563. The van der Waals surface area contributed by atoms with Gasteiger partial charge in [-0.25, -0.2) is 0 Å². The number of nitrogens with one attached hydrogen (secondary N) is 1. The summed E-state index contributed by atoms with van der Waals surface area (Å²) in [7, 11) is 2.09. The van der Waals surface area contributed by atoms with Crippen LogP contribution in [0.1, 0.15) is 79.6 Å². The SMILES string of the molecule is CCCCCCCCCC(NC)c1cc(C)c(C)s1. The van der Waals surface area contributed by atoms with E-state index in [2.05, 4.69) is 39.2 Å². The van der Waals surface area contributed by atoms with Gasteiger partial charge in [-0.05, 0) is 38.9 Å². The number of thiophene rings is 1. The lowest BCUT2D eigenvalue weighted by Crippen LogP contribution is -2.14. The van der Waals surface area contributed by atoms with Crippen molar-refractivity contribution in [2.75, 3.05) is 7.05 Å². The van der Waals surface area contributed by atoms with Gasteiger partial charge in [0.05, 0.1) is 0 Å². The van der Waals surface area contributed by atoms with Crippen LogP contribution in [0.2, 0.25) is 0 Å². The highest BCUT2D eigenvalue weighted by atomic mass is 32.1. The minimum Gasteiger partial charge on any atom is -0.312 e. The van der Waals surface area contributed by atoms with E-state index in [1.165, 1.54) is 66.7 Å². The van der Waals surface area contributed by atoms with Gasteiger partial charge in [0.25, 0.3) is 0 Å². The highest BCUT2D eigenvalue weighted by molar-refractivity contribution is 7.12. The molecule has 0 aliphatic rings. The lowest BCUT2D eigenvalue weighted by Gasteiger charge is -2.14. The third-order valence-corrected chi connectivity index (χ3v) is 5.24. The first-order valence-electron chi connectivity index (χ1n) is 7.93. The van der Waals surface area contributed by atoms with Crippen molar-refractivity contribution < 1.29 is 0 Å². The zero-order chi connectivity index (χ0) is 14.1. The summed E-state index contributed by atoms with van der Waals surface area (Å²) in [5.41, 5.74) is 1.44. The largest absolute Gasteiger partial charge is 0.312 e. The molecule has 1 unspecified atom stereocenters. The van der Waals surface area contributed by atoms with Crippen LogP contribution in [0, 0.1) is 13.8 Å². The van der Waals surface area contributed by atoms with Crippen molar-refractivity contribution >= 4 is 11.3 Å². The lowest BCUT2D eigenvalue weighted by atomic mass is 10.0. The molecule has 1 heterocycles. The van der Waals surface area contributed by atoms with Gasteiger partial charge in [0.15, 0.2) is 0 Å². The van der Waals surface area contributed by atoms with Crippen LogP contribution in [0.3, 0.4) is 0 Å². The molecule has 2 heteroatoms. The first kappa shape index (κ1) is 16.7. The molecule has 0 aliphatic heterocycles. The standard InChI is InChI=1S/C17H31NS/c1-5-6-7-8-9-10-11-12-16(18-4)17-13-14(2)15(3)19-17/h13,16,18H,5-12H2,1-4H3. The molecule has 19 heavy (non-hydrogen) atoms. The Morgan fingerprint density at radius 1 is 1.05 bits per heavy atom. The summed E-state index contributed by atoms with van der Waals surface area (Å²) in [5.74, 6) is 0. The molecule has 110 valence electrons. The third-order valence-electron chi connectivity index (χ3n) is 3.97. The second-order valence-electron chi connectivity index (χ2n) is 5.64. The van der Waals surface area contributed by atoms with Crippen molar-refractivity contribution in [2.24, 2.45) is 0 Å². The van der Waals surface area contributed by atoms with E-state index in [0.717, 1.165) is 0 Å². The van der Waals surface area contributed by atoms with Crippen molar-refractivity contribution in [3.8, 4) is 0 Å². The first-order chi connectivity index (χ1) is 9.19. The highest BCUT2D eigenvalue weighted by Gasteiger charge is 2.12.